The number of pyridine rings is 1. The van der Waals surface area contributed by atoms with Gasteiger partial charge in [0.2, 0.25) is 0 Å². The fourth-order valence-corrected chi connectivity index (χ4v) is 4.26. The standard InChI is InChI=1S/C25H21N3O2/c29-24-22(20-8-2-1-3-9-20)23(25(30)28(24)17-18-12-14-26-15-13-18)27-16-6-10-19-7-4-5-11-21(19)27/h1-5,7-9,11-15H,6,10,16-17H2. The average Bonchev–Trinajstić information content (AvgIpc) is 3.04. The maximum atomic E-state index is 13.6. The van der Waals surface area contributed by atoms with Gasteiger partial charge in [-0.3, -0.25) is 19.5 Å². The molecule has 0 atom stereocenters. The molecule has 2 aromatic carbocycles. The van der Waals surface area contributed by atoms with Crippen LogP contribution in [0.5, 0.6) is 0 Å². The van der Waals surface area contributed by atoms with Crippen LogP contribution in [0.1, 0.15) is 23.1 Å². The van der Waals surface area contributed by atoms with Crippen LogP contribution < -0.4 is 4.90 Å². The lowest BCUT2D eigenvalue weighted by Crippen LogP contribution is -2.36. The largest absolute Gasteiger partial charge is 0.336 e. The van der Waals surface area contributed by atoms with Crippen molar-refractivity contribution < 1.29 is 9.59 Å². The molecule has 0 spiro atoms. The number of para-hydroxylation sites is 1. The monoisotopic (exact) mass is 395 g/mol. The van der Waals surface area contributed by atoms with E-state index in [1.165, 1.54) is 10.5 Å². The summed E-state index contributed by atoms with van der Waals surface area (Å²) in [6.45, 7) is 0.945. The van der Waals surface area contributed by atoms with E-state index >= 15 is 0 Å². The van der Waals surface area contributed by atoms with Gasteiger partial charge in [0, 0.05) is 24.6 Å². The molecule has 5 nitrogen and oxygen atoms in total. The Hall–Kier alpha value is -3.73. The number of carbonyl (C=O) groups excluding carboxylic acids is 2. The van der Waals surface area contributed by atoms with Crippen molar-refractivity contribution in [2.75, 3.05) is 11.4 Å². The quantitative estimate of drug-likeness (QED) is 0.631. The van der Waals surface area contributed by atoms with Crippen LogP contribution in [-0.4, -0.2) is 28.2 Å². The molecule has 3 aromatic rings. The zero-order chi connectivity index (χ0) is 20.5. The van der Waals surface area contributed by atoms with Crippen LogP contribution in [0.25, 0.3) is 5.57 Å². The lowest BCUT2D eigenvalue weighted by Gasteiger charge is -2.32. The molecule has 2 aliphatic heterocycles. The molecule has 0 unspecified atom stereocenters. The molecule has 5 heteroatoms. The van der Waals surface area contributed by atoms with Gasteiger partial charge >= 0.3 is 0 Å². The van der Waals surface area contributed by atoms with E-state index in [1.54, 1.807) is 12.4 Å². The fraction of sp³-hybridized carbons (Fsp3) is 0.160. The predicted molar refractivity (Wildman–Crippen MR) is 115 cm³/mol. The topological polar surface area (TPSA) is 53.5 Å². The van der Waals surface area contributed by atoms with Crippen molar-refractivity contribution in [3.05, 3.63) is 102 Å². The number of benzene rings is 2. The minimum absolute atomic E-state index is 0.232. The number of amides is 2. The van der Waals surface area contributed by atoms with E-state index in [-0.39, 0.29) is 18.4 Å². The summed E-state index contributed by atoms with van der Waals surface area (Å²) < 4.78 is 0. The van der Waals surface area contributed by atoms with Crippen molar-refractivity contribution in [1.82, 2.24) is 9.88 Å². The van der Waals surface area contributed by atoms with E-state index in [2.05, 4.69) is 11.1 Å². The van der Waals surface area contributed by atoms with Crippen LogP contribution in [0.15, 0.2) is 84.8 Å². The van der Waals surface area contributed by atoms with Gasteiger partial charge < -0.3 is 4.90 Å². The minimum atomic E-state index is -0.249. The molecule has 2 amide bonds. The average molecular weight is 395 g/mol. The summed E-state index contributed by atoms with van der Waals surface area (Å²) in [5.41, 5.74) is 4.82. The van der Waals surface area contributed by atoms with Crippen molar-refractivity contribution in [1.29, 1.82) is 0 Å². The summed E-state index contributed by atoms with van der Waals surface area (Å²) in [5, 5.41) is 0. The number of imide groups is 1. The maximum absolute atomic E-state index is 13.6. The molecule has 0 bridgehead atoms. The number of carbonyl (C=O) groups is 2. The van der Waals surface area contributed by atoms with Crippen molar-refractivity contribution in [3.63, 3.8) is 0 Å². The number of rotatable bonds is 4. The van der Waals surface area contributed by atoms with Gasteiger partial charge in [-0.25, -0.2) is 0 Å². The zero-order valence-electron chi connectivity index (χ0n) is 16.5. The SMILES string of the molecule is O=C1C(c2ccccc2)=C(N2CCCc3ccccc32)C(=O)N1Cc1ccncc1. The van der Waals surface area contributed by atoms with E-state index in [0.29, 0.717) is 17.8 Å². The van der Waals surface area contributed by atoms with Crippen LogP contribution in [0.3, 0.4) is 0 Å². The lowest BCUT2D eigenvalue weighted by atomic mass is 9.98. The first-order chi connectivity index (χ1) is 14.7. The molecule has 30 heavy (non-hydrogen) atoms. The van der Waals surface area contributed by atoms with Crippen molar-refractivity contribution >= 4 is 23.1 Å². The molecule has 0 saturated heterocycles. The van der Waals surface area contributed by atoms with E-state index in [9.17, 15) is 9.59 Å². The number of hydrogen-bond acceptors (Lipinski definition) is 4. The van der Waals surface area contributed by atoms with Gasteiger partial charge in [-0.15, -0.1) is 0 Å². The third-order valence-electron chi connectivity index (χ3n) is 5.68. The first kappa shape index (κ1) is 18.3. The van der Waals surface area contributed by atoms with Gasteiger partial charge in [0.05, 0.1) is 12.1 Å². The summed E-state index contributed by atoms with van der Waals surface area (Å²) in [6, 6.07) is 21.3. The van der Waals surface area contributed by atoms with Gasteiger partial charge in [0.15, 0.2) is 0 Å². The van der Waals surface area contributed by atoms with Crippen LogP contribution in [0.2, 0.25) is 0 Å². The second kappa shape index (κ2) is 7.59. The molecule has 0 N–H and O–H groups in total. The first-order valence-electron chi connectivity index (χ1n) is 10.1. The van der Waals surface area contributed by atoms with E-state index < -0.39 is 0 Å². The Morgan fingerprint density at radius 3 is 2.37 bits per heavy atom. The highest BCUT2D eigenvalue weighted by molar-refractivity contribution is 6.36. The Kier molecular flexibility index (Phi) is 4.64. The normalized spacial score (nSPS) is 16.3. The maximum Gasteiger partial charge on any atom is 0.278 e. The second-order valence-electron chi connectivity index (χ2n) is 7.53. The van der Waals surface area contributed by atoms with Crippen molar-refractivity contribution in [2.45, 2.75) is 19.4 Å². The number of anilines is 1. The number of fused-ring (bicyclic) bond motifs is 1. The fourth-order valence-electron chi connectivity index (χ4n) is 4.26. The highest BCUT2D eigenvalue weighted by Crippen LogP contribution is 2.38. The number of nitrogens with zero attached hydrogens (tertiary/aromatic N) is 3. The van der Waals surface area contributed by atoms with Gasteiger partial charge in [-0.2, -0.15) is 0 Å². The minimum Gasteiger partial charge on any atom is -0.336 e. The summed E-state index contributed by atoms with van der Waals surface area (Å²) in [4.78, 5) is 34.5. The highest BCUT2D eigenvalue weighted by atomic mass is 16.2. The molecule has 0 saturated carbocycles. The molecular formula is C25H21N3O2. The van der Waals surface area contributed by atoms with Gasteiger partial charge in [0.1, 0.15) is 5.70 Å². The van der Waals surface area contributed by atoms with Crippen molar-refractivity contribution in [2.24, 2.45) is 0 Å². The predicted octanol–water partition coefficient (Wildman–Crippen LogP) is 3.81. The summed E-state index contributed by atoms with van der Waals surface area (Å²) >= 11 is 0. The Morgan fingerprint density at radius 1 is 0.833 bits per heavy atom. The molecular weight excluding hydrogens is 374 g/mol. The smallest absolute Gasteiger partial charge is 0.278 e. The van der Waals surface area contributed by atoms with Crippen LogP contribution in [0, 0.1) is 0 Å². The Balaban J connectivity index is 1.62. The molecule has 3 heterocycles. The molecule has 0 fully saturated rings. The van der Waals surface area contributed by atoms with E-state index in [0.717, 1.165) is 29.7 Å². The van der Waals surface area contributed by atoms with Gasteiger partial charge in [0.25, 0.3) is 11.8 Å². The third-order valence-corrected chi connectivity index (χ3v) is 5.68. The van der Waals surface area contributed by atoms with Gasteiger partial charge in [-0.1, -0.05) is 48.5 Å². The van der Waals surface area contributed by atoms with Gasteiger partial charge in [-0.05, 0) is 47.7 Å². The molecule has 0 aliphatic carbocycles. The number of aromatic nitrogens is 1. The van der Waals surface area contributed by atoms with Crippen LogP contribution >= 0.6 is 0 Å². The Bertz CT molecular complexity index is 1140. The Morgan fingerprint density at radius 2 is 1.57 bits per heavy atom. The Labute approximate surface area is 175 Å². The first-order valence-corrected chi connectivity index (χ1v) is 10.1. The summed E-state index contributed by atoms with van der Waals surface area (Å²) in [6.07, 6.45) is 5.26. The van der Waals surface area contributed by atoms with Crippen molar-refractivity contribution in [3.8, 4) is 0 Å². The molecule has 1 aromatic heterocycles. The summed E-state index contributed by atoms with van der Waals surface area (Å²) in [7, 11) is 0. The number of aryl methyl sites for hydroxylation is 1. The molecule has 148 valence electrons. The molecule has 5 rings (SSSR count). The number of hydrogen-bond donors (Lipinski definition) is 0. The molecule has 0 radical (unpaired) electrons. The van der Waals surface area contributed by atoms with E-state index in [1.807, 2.05) is 65.6 Å². The van der Waals surface area contributed by atoms with Crippen LogP contribution in [0.4, 0.5) is 5.69 Å². The zero-order valence-corrected chi connectivity index (χ0v) is 16.5. The van der Waals surface area contributed by atoms with E-state index in [4.69, 9.17) is 0 Å². The third kappa shape index (κ3) is 3.08. The van der Waals surface area contributed by atoms with Crippen LogP contribution in [-0.2, 0) is 22.6 Å². The lowest BCUT2D eigenvalue weighted by molar-refractivity contribution is -0.137. The highest BCUT2D eigenvalue weighted by Gasteiger charge is 2.42. The second-order valence-corrected chi connectivity index (χ2v) is 7.53. The summed E-state index contributed by atoms with van der Waals surface area (Å²) in [5.74, 6) is -0.492. The molecule has 2 aliphatic rings.